The number of benzene rings is 2. The smallest absolute Gasteiger partial charge is 0.471 e. The van der Waals surface area contributed by atoms with Gasteiger partial charge in [0.25, 0.3) is 10.0 Å². The quantitative estimate of drug-likeness (QED) is 0.193. The average molecular weight is 633 g/mol. The number of nitrogens with zero attached hydrogens (tertiary/aromatic N) is 3. The first-order valence-electron chi connectivity index (χ1n) is 12.5. The number of carbonyl (C=O) groups excluding carboxylic acids is 1. The van der Waals surface area contributed by atoms with Gasteiger partial charge in [-0.15, -0.1) is 0 Å². The maximum absolute atomic E-state index is 14.1. The van der Waals surface area contributed by atoms with E-state index in [1.807, 2.05) is 0 Å². The second kappa shape index (κ2) is 12.8. The number of anilines is 1. The molecule has 0 saturated heterocycles. The van der Waals surface area contributed by atoms with Crippen molar-refractivity contribution in [3.8, 4) is 5.88 Å². The highest BCUT2D eigenvalue weighted by Gasteiger charge is 2.43. The number of hydrogen-bond donors (Lipinski definition) is 2. The van der Waals surface area contributed by atoms with E-state index in [2.05, 4.69) is 14.7 Å². The van der Waals surface area contributed by atoms with E-state index in [1.54, 1.807) is 6.92 Å². The molecule has 2 aromatic carbocycles. The Kier molecular flexibility index (Phi) is 9.57. The molecule has 1 aliphatic rings. The van der Waals surface area contributed by atoms with Gasteiger partial charge in [0.1, 0.15) is 5.82 Å². The van der Waals surface area contributed by atoms with Crippen LogP contribution in [0.2, 0.25) is 0 Å². The van der Waals surface area contributed by atoms with Crippen LogP contribution in [-0.2, 0) is 33.5 Å². The van der Waals surface area contributed by atoms with Gasteiger partial charge in [-0.2, -0.15) is 18.2 Å². The number of alkyl halides is 3. The molecule has 0 bridgehead atoms. The van der Waals surface area contributed by atoms with Crippen molar-refractivity contribution in [1.29, 1.82) is 0 Å². The van der Waals surface area contributed by atoms with Crippen LogP contribution in [0.15, 0.2) is 52.5 Å². The summed E-state index contributed by atoms with van der Waals surface area (Å²) in [5.74, 6) is -4.75. The molecule has 16 heteroatoms. The van der Waals surface area contributed by atoms with Gasteiger partial charge in [0, 0.05) is 43.0 Å². The van der Waals surface area contributed by atoms with Gasteiger partial charge in [-0.1, -0.05) is 36.9 Å². The maximum atomic E-state index is 14.1. The van der Waals surface area contributed by atoms with Gasteiger partial charge in [0.05, 0.1) is 11.5 Å². The van der Waals surface area contributed by atoms with E-state index < -0.39 is 40.3 Å². The molecule has 3 aromatic rings. The van der Waals surface area contributed by atoms with Crippen molar-refractivity contribution in [3.05, 3.63) is 70.8 Å². The molecule has 1 amide bonds. The Morgan fingerprint density at radius 3 is 2.64 bits per heavy atom. The molecule has 226 valence electrons. The lowest BCUT2D eigenvalue weighted by atomic mass is 10.00. The van der Waals surface area contributed by atoms with E-state index in [1.165, 1.54) is 36.4 Å². The van der Waals surface area contributed by atoms with Crippen LogP contribution in [0.25, 0.3) is 0 Å². The molecule has 4 rings (SSSR count). The molecule has 42 heavy (non-hydrogen) atoms. The fourth-order valence-corrected chi connectivity index (χ4v) is 5.79. The Morgan fingerprint density at radius 1 is 1.17 bits per heavy atom. The number of nitrogens with one attached hydrogen (secondary N) is 1. The predicted octanol–water partition coefficient (Wildman–Crippen LogP) is 4.30. The fraction of sp³-hybridized carbons (Fsp3) is 0.346. The number of aliphatic hydroxyl groups is 1. The van der Waals surface area contributed by atoms with Gasteiger partial charge >= 0.3 is 12.1 Å². The van der Waals surface area contributed by atoms with Crippen LogP contribution < -0.4 is 9.46 Å². The van der Waals surface area contributed by atoms with Crippen LogP contribution in [0.4, 0.5) is 27.8 Å². The Morgan fingerprint density at radius 2 is 1.93 bits per heavy atom. The monoisotopic (exact) mass is 632 g/mol. The van der Waals surface area contributed by atoms with Gasteiger partial charge in [-0.25, -0.2) is 22.2 Å². The van der Waals surface area contributed by atoms with Crippen molar-refractivity contribution in [2.45, 2.75) is 41.9 Å². The second-order valence-corrected chi connectivity index (χ2v) is 12.1. The lowest BCUT2D eigenvalue weighted by molar-refractivity contribution is -0.186. The number of halogens is 5. The van der Waals surface area contributed by atoms with Crippen molar-refractivity contribution < 1.29 is 45.0 Å². The maximum Gasteiger partial charge on any atom is 0.471 e. The first kappa shape index (κ1) is 31.4. The molecule has 0 saturated carbocycles. The van der Waals surface area contributed by atoms with Crippen molar-refractivity contribution in [2.75, 3.05) is 24.5 Å². The zero-order valence-corrected chi connectivity index (χ0v) is 23.6. The largest absolute Gasteiger partial charge is 0.477 e. The summed E-state index contributed by atoms with van der Waals surface area (Å²) < 4.78 is 101. The summed E-state index contributed by atoms with van der Waals surface area (Å²) in [5, 5.41) is 9.25. The van der Waals surface area contributed by atoms with Gasteiger partial charge in [-0.05, 0) is 35.7 Å². The third-order valence-corrected chi connectivity index (χ3v) is 8.42. The lowest BCUT2D eigenvalue weighted by Gasteiger charge is -2.29. The molecule has 2 heterocycles. The second-order valence-electron chi connectivity index (χ2n) is 9.48. The number of sulfonamides is 1. The summed E-state index contributed by atoms with van der Waals surface area (Å²) in [6.07, 6.45) is -4.93. The summed E-state index contributed by atoms with van der Waals surface area (Å²) in [4.78, 5) is 20.4. The molecule has 1 aromatic heterocycles. The van der Waals surface area contributed by atoms with Gasteiger partial charge < -0.3 is 14.7 Å². The number of ether oxygens (including phenoxy) is 1. The van der Waals surface area contributed by atoms with E-state index in [4.69, 9.17) is 4.74 Å². The molecule has 1 atom stereocenters. The first-order valence-corrected chi connectivity index (χ1v) is 14.9. The molecule has 0 fully saturated rings. The summed E-state index contributed by atoms with van der Waals surface area (Å²) >= 11 is 0.888. The van der Waals surface area contributed by atoms with E-state index in [-0.39, 0.29) is 70.7 Å². The SMILES string of the molecule is C[C@H](CO)COc1cc(NS(=O)(=O)c2ccc3c(c2)CN(C(=O)C(F)(F)F)CC3)nc(SCc2cccc(F)c2F)n1. The summed E-state index contributed by atoms with van der Waals surface area (Å²) in [5.41, 5.74) is 0.886. The van der Waals surface area contributed by atoms with Gasteiger partial charge in [0.15, 0.2) is 16.8 Å². The number of aliphatic hydroxyl groups excluding tert-OH is 1. The molecule has 9 nitrogen and oxygen atoms in total. The molecule has 1 aliphatic heterocycles. The number of aromatic nitrogens is 2. The van der Waals surface area contributed by atoms with Crippen LogP contribution in [0.5, 0.6) is 5.88 Å². The zero-order valence-electron chi connectivity index (χ0n) is 22.0. The normalized spacial score (nSPS) is 14.3. The minimum absolute atomic E-state index is 0.0260. The molecular formula is C26H25F5N4O5S2. The van der Waals surface area contributed by atoms with Gasteiger partial charge in [-0.3, -0.25) is 9.52 Å². The summed E-state index contributed by atoms with van der Waals surface area (Å²) in [6.45, 7) is 0.972. The number of fused-ring (bicyclic) bond motifs is 1. The van der Waals surface area contributed by atoms with Crippen LogP contribution in [-0.4, -0.2) is 60.2 Å². The molecule has 0 aliphatic carbocycles. The molecule has 0 unspecified atom stereocenters. The van der Waals surface area contributed by atoms with Crippen molar-refractivity contribution in [1.82, 2.24) is 14.9 Å². The first-order chi connectivity index (χ1) is 19.8. The highest BCUT2D eigenvalue weighted by molar-refractivity contribution is 7.98. The zero-order chi connectivity index (χ0) is 30.7. The Balaban J connectivity index is 1.58. The van der Waals surface area contributed by atoms with Crippen molar-refractivity contribution in [2.24, 2.45) is 5.92 Å². The molecule has 0 spiro atoms. The topological polar surface area (TPSA) is 122 Å². The average Bonchev–Trinajstić information content (AvgIpc) is 2.94. The van der Waals surface area contributed by atoms with E-state index in [0.717, 1.165) is 17.8 Å². The number of amides is 1. The van der Waals surface area contributed by atoms with Gasteiger partial charge in [0.2, 0.25) is 5.88 Å². The lowest BCUT2D eigenvalue weighted by Crippen LogP contribution is -2.43. The summed E-state index contributed by atoms with van der Waals surface area (Å²) in [7, 11) is -4.34. The van der Waals surface area contributed by atoms with E-state index >= 15 is 0 Å². The highest BCUT2D eigenvalue weighted by Crippen LogP contribution is 2.29. The molecule has 0 radical (unpaired) electrons. The van der Waals surface area contributed by atoms with Crippen LogP contribution >= 0.6 is 11.8 Å². The standard InChI is InChI=1S/C26H25F5N4O5S2/c1-15(12-36)13-40-22-10-21(32-25(33-22)41-14-17-3-2-4-20(27)23(17)28)34-42(38,39)19-6-5-16-7-8-35(11-18(16)9-19)24(37)26(29,30)31/h2-6,9-10,15,36H,7-8,11-14H2,1H3,(H,32,33,34)/t15-/m1/s1. The minimum Gasteiger partial charge on any atom is -0.477 e. The minimum atomic E-state index is -5.05. The third-order valence-electron chi connectivity index (χ3n) is 6.17. The highest BCUT2D eigenvalue weighted by atomic mass is 32.2. The third kappa shape index (κ3) is 7.66. The predicted molar refractivity (Wildman–Crippen MR) is 142 cm³/mol. The van der Waals surface area contributed by atoms with Crippen LogP contribution in [0.1, 0.15) is 23.6 Å². The van der Waals surface area contributed by atoms with E-state index in [9.17, 15) is 40.3 Å². The number of hydrogen-bond acceptors (Lipinski definition) is 8. The molecular weight excluding hydrogens is 607 g/mol. The van der Waals surface area contributed by atoms with Crippen LogP contribution in [0.3, 0.4) is 0 Å². The Hall–Kier alpha value is -3.50. The van der Waals surface area contributed by atoms with Crippen molar-refractivity contribution >= 4 is 33.5 Å². The Bertz CT molecular complexity index is 1570. The van der Waals surface area contributed by atoms with Crippen LogP contribution in [0, 0.1) is 17.6 Å². The fourth-order valence-electron chi connectivity index (χ4n) is 3.93. The number of rotatable bonds is 10. The summed E-state index contributed by atoms with van der Waals surface area (Å²) in [6, 6.07) is 8.81. The van der Waals surface area contributed by atoms with Crippen molar-refractivity contribution in [3.63, 3.8) is 0 Å². The number of thioether (sulfide) groups is 1. The Labute approximate surface area is 242 Å². The molecule has 2 N–H and O–H groups in total. The number of carbonyl (C=O) groups is 1. The van der Waals surface area contributed by atoms with E-state index in [0.29, 0.717) is 10.5 Å².